The van der Waals surface area contributed by atoms with Crippen LogP contribution in [0.15, 0.2) is 91.0 Å². The topological polar surface area (TPSA) is 13.1 Å². The van der Waals surface area contributed by atoms with Crippen LogP contribution in [0.25, 0.3) is 49.3 Å². The Balaban J connectivity index is 1.17. The largest absolute Gasteiger partial charge is 0.336 e. The van der Waals surface area contributed by atoms with E-state index < -0.39 is 0 Å². The number of rotatable bonds is 2. The summed E-state index contributed by atoms with van der Waals surface area (Å²) in [4.78, 5) is 3.22. The van der Waals surface area contributed by atoms with Gasteiger partial charge in [-0.2, -0.15) is 11.8 Å². The monoisotopic (exact) mass is 621 g/mol. The van der Waals surface area contributed by atoms with Crippen molar-refractivity contribution in [1.82, 2.24) is 14.0 Å². The molecule has 232 valence electrons. The Hall–Kier alpha value is -3.21. The minimum absolute atomic E-state index is 0.525. The van der Waals surface area contributed by atoms with Crippen LogP contribution >= 0.6 is 11.8 Å². The van der Waals surface area contributed by atoms with Gasteiger partial charge >= 0.3 is 0 Å². The number of hydrogen-bond acceptors (Lipinski definition) is 2. The molecule has 0 bridgehead atoms. The molecule has 6 aromatic rings. The van der Waals surface area contributed by atoms with E-state index >= 15 is 0 Å². The number of thioether (sulfide) groups is 1. The van der Waals surface area contributed by atoms with E-state index in [2.05, 4.69) is 117 Å². The highest BCUT2D eigenvalue weighted by atomic mass is 32.2. The smallest absolute Gasteiger partial charge is 0.0785 e. The molecule has 2 saturated heterocycles. The molecule has 8 atom stereocenters. The van der Waals surface area contributed by atoms with Gasteiger partial charge in [-0.25, -0.2) is 0 Å². The second-order valence-electron chi connectivity index (χ2n) is 15.2. The maximum atomic E-state index is 3.22. The molecule has 4 heteroatoms. The molecular weight excluding hydrogens is 579 g/mol. The molecule has 8 unspecified atom stereocenters. The van der Waals surface area contributed by atoms with Gasteiger partial charge < -0.3 is 9.13 Å². The summed E-state index contributed by atoms with van der Waals surface area (Å²) in [6.45, 7) is 0. The molecule has 11 rings (SSSR count). The first kappa shape index (κ1) is 26.8. The maximum absolute atomic E-state index is 3.22. The van der Waals surface area contributed by atoms with Gasteiger partial charge in [0.2, 0.25) is 0 Å². The van der Waals surface area contributed by atoms with E-state index in [1.165, 1.54) is 114 Å². The Morgan fingerprint density at radius 2 is 1.20 bits per heavy atom. The lowest BCUT2D eigenvalue weighted by Crippen LogP contribution is -2.60. The van der Waals surface area contributed by atoms with Gasteiger partial charge in [0.25, 0.3) is 0 Å². The van der Waals surface area contributed by atoms with E-state index in [1.807, 2.05) is 0 Å². The van der Waals surface area contributed by atoms with Crippen LogP contribution in [0.1, 0.15) is 70.3 Å². The fraction of sp³-hybridized carbons (Fsp3) is 0.429. The molecule has 0 spiro atoms. The van der Waals surface area contributed by atoms with E-state index in [1.54, 1.807) is 0 Å². The van der Waals surface area contributed by atoms with Crippen molar-refractivity contribution >= 4 is 55.4 Å². The minimum atomic E-state index is 0.525. The molecule has 4 heterocycles. The van der Waals surface area contributed by atoms with Crippen molar-refractivity contribution in [3.05, 3.63) is 91.0 Å². The summed E-state index contributed by atoms with van der Waals surface area (Å²) in [5.74, 6) is 1.73. The van der Waals surface area contributed by atoms with Crippen LogP contribution in [0.3, 0.4) is 0 Å². The third-order valence-corrected chi connectivity index (χ3v) is 14.9. The third kappa shape index (κ3) is 3.61. The molecule has 2 aromatic heterocycles. The summed E-state index contributed by atoms with van der Waals surface area (Å²) in [6, 6.07) is 37.4. The van der Waals surface area contributed by atoms with Gasteiger partial charge in [-0.3, -0.25) is 4.90 Å². The fourth-order valence-corrected chi connectivity index (χ4v) is 13.7. The Labute approximate surface area is 275 Å². The zero-order valence-electron chi connectivity index (χ0n) is 26.6. The minimum Gasteiger partial charge on any atom is -0.336 e. The van der Waals surface area contributed by atoms with Crippen LogP contribution in [0.2, 0.25) is 0 Å². The van der Waals surface area contributed by atoms with Crippen LogP contribution in [0.4, 0.5) is 0 Å². The van der Waals surface area contributed by atoms with Crippen molar-refractivity contribution < 1.29 is 0 Å². The lowest BCUT2D eigenvalue weighted by atomic mass is 9.72. The predicted octanol–water partition coefficient (Wildman–Crippen LogP) is 10.5. The number of aromatic nitrogens is 2. The summed E-state index contributed by atoms with van der Waals surface area (Å²) in [5.41, 5.74) is 6.83. The van der Waals surface area contributed by atoms with Crippen LogP contribution in [-0.2, 0) is 0 Å². The van der Waals surface area contributed by atoms with E-state index in [0.29, 0.717) is 6.04 Å². The first-order valence-corrected chi connectivity index (χ1v) is 19.2. The summed E-state index contributed by atoms with van der Waals surface area (Å²) >= 11 is 2.45. The normalized spacial score (nSPS) is 32.6. The second kappa shape index (κ2) is 10.1. The zero-order valence-corrected chi connectivity index (χ0v) is 27.4. The van der Waals surface area contributed by atoms with Crippen molar-refractivity contribution in [3.63, 3.8) is 0 Å². The first-order valence-electron chi connectivity index (χ1n) is 18.3. The quantitative estimate of drug-likeness (QED) is 0.191. The Bertz CT molecular complexity index is 2130. The Kier molecular flexibility index (Phi) is 5.91. The number of benzene rings is 4. The van der Waals surface area contributed by atoms with E-state index in [-0.39, 0.29) is 0 Å². The van der Waals surface area contributed by atoms with Gasteiger partial charge in [0.05, 0.1) is 16.6 Å². The number of hydrogen-bond donors (Lipinski definition) is 0. The van der Waals surface area contributed by atoms with E-state index in [0.717, 1.165) is 40.5 Å². The van der Waals surface area contributed by atoms with Crippen molar-refractivity contribution in [2.45, 2.75) is 98.9 Å². The van der Waals surface area contributed by atoms with Gasteiger partial charge in [0, 0.05) is 67.4 Å². The van der Waals surface area contributed by atoms with Gasteiger partial charge in [-0.05, 0) is 74.6 Å². The summed E-state index contributed by atoms with van der Waals surface area (Å²) in [6.07, 6.45) is 14.2. The van der Waals surface area contributed by atoms with Crippen LogP contribution in [-0.4, -0.2) is 42.7 Å². The van der Waals surface area contributed by atoms with Crippen molar-refractivity contribution in [2.24, 2.45) is 11.8 Å². The Morgan fingerprint density at radius 3 is 2.04 bits per heavy atom. The molecule has 0 amide bonds. The summed E-state index contributed by atoms with van der Waals surface area (Å²) < 4.78 is 5.46. The molecule has 5 fully saturated rings. The molecule has 4 aromatic carbocycles. The molecule has 3 nitrogen and oxygen atoms in total. The third-order valence-electron chi connectivity index (χ3n) is 13.2. The van der Waals surface area contributed by atoms with Gasteiger partial charge in [0.1, 0.15) is 0 Å². The average Bonchev–Trinajstić information content (AvgIpc) is 3.75. The molecule has 0 radical (unpaired) electrons. The lowest BCUT2D eigenvalue weighted by Gasteiger charge is -2.54. The van der Waals surface area contributed by atoms with Crippen LogP contribution in [0, 0.1) is 11.8 Å². The highest BCUT2D eigenvalue weighted by Gasteiger charge is 2.60. The fourth-order valence-electron chi connectivity index (χ4n) is 11.7. The number of fused-ring (bicyclic) bond motifs is 12. The highest BCUT2D eigenvalue weighted by Crippen LogP contribution is 2.60. The molecular formula is C42H43N3S. The molecule has 0 N–H and O–H groups in total. The molecule has 3 aliphatic carbocycles. The average molecular weight is 622 g/mol. The van der Waals surface area contributed by atoms with E-state index in [4.69, 9.17) is 0 Å². The maximum Gasteiger partial charge on any atom is 0.0785 e. The van der Waals surface area contributed by atoms with Crippen LogP contribution in [0.5, 0.6) is 0 Å². The second-order valence-corrected chi connectivity index (χ2v) is 16.7. The molecule has 3 saturated carbocycles. The standard InChI is InChI=1S/C42H43N3S/c1-2-12-26(13-3-1)43-34-17-7-4-14-28(34)31-22-23-32-29-15-5-8-18-35(29)44(42(32)41(31)43)27-24-33-30-16-6-9-19-36(30)45-37-20-10-11-21-38(37)46-39(25-27)40(33)45/h1-5,7-8,12-15,17-18,22-23,27,30,33,36-40H,6,9-11,16,19-21,24-25H2. The number of para-hydroxylation sites is 3. The van der Waals surface area contributed by atoms with Crippen molar-refractivity contribution in [2.75, 3.05) is 0 Å². The van der Waals surface area contributed by atoms with Gasteiger partial charge in [-0.15, -0.1) is 0 Å². The summed E-state index contributed by atoms with van der Waals surface area (Å²) in [7, 11) is 0. The highest BCUT2D eigenvalue weighted by molar-refractivity contribution is 8.00. The first-order chi connectivity index (χ1) is 22.8. The molecule has 46 heavy (non-hydrogen) atoms. The van der Waals surface area contributed by atoms with Gasteiger partial charge in [0.15, 0.2) is 0 Å². The van der Waals surface area contributed by atoms with E-state index in [9.17, 15) is 0 Å². The molecule has 5 aliphatic rings. The molecule has 2 aliphatic heterocycles. The predicted molar refractivity (Wildman–Crippen MR) is 194 cm³/mol. The number of nitrogens with zero attached hydrogens (tertiary/aromatic N) is 3. The van der Waals surface area contributed by atoms with Crippen LogP contribution < -0.4 is 0 Å². The SMILES string of the molecule is c1ccc(-n2c3ccccc3c3ccc4c5ccccc5n(C5CC6SC7CCCCC7N7C8CCCCC8C(C5)C67)c4c32)cc1. The lowest BCUT2D eigenvalue weighted by molar-refractivity contribution is 0.0576. The Morgan fingerprint density at radius 1 is 0.522 bits per heavy atom. The zero-order chi connectivity index (χ0) is 29.9. The van der Waals surface area contributed by atoms with Crippen molar-refractivity contribution in [3.8, 4) is 5.69 Å². The summed E-state index contributed by atoms with van der Waals surface area (Å²) in [5, 5.41) is 7.16. The van der Waals surface area contributed by atoms with Crippen molar-refractivity contribution in [1.29, 1.82) is 0 Å². The van der Waals surface area contributed by atoms with Gasteiger partial charge in [-0.1, -0.05) is 92.4 Å².